The summed E-state index contributed by atoms with van der Waals surface area (Å²) in [7, 11) is 2.97. The lowest BCUT2D eigenvalue weighted by Crippen LogP contribution is -2.17. The molecule has 1 aromatic heterocycles. The quantitative estimate of drug-likeness (QED) is 0.340. The molecular formula is C20H16ClN3O6. The zero-order chi connectivity index (χ0) is 21.7. The van der Waals surface area contributed by atoms with Gasteiger partial charge in [0.05, 0.1) is 30.4 Å². The van der Waals surface area contributed by atoms with Gasteiger partial charge in [0.1, 0.15) is 23.0 Å². The zero-order valence-electron chi connectivity index (χ0n) is 15.9. The fraction of sp³-hybridized carbons (Fsp3) is 0.100. The summed E-state index contributed by atoms with van der Waals surface area (Å²) >= 11 is 6.10. The molecule has 1 N–H and O–H groups in total. The molecule has 0 atom stereocenters. The highest BCUT2D eigenvalue weighted by molar-refractivity contribution is 6.33. The van der Waals surface area contributed by atoms with Crippen LogP contribution in [0.4, 0.5) is 5.69 Å². The first-order chi connectivity index (χ1) is 14.4. The van der Waals surface area contributed by atoms with Gasteiger partial charge >= 0.3 is 0 Å². The smallest absolute Gasteiger partial charge is 0.271 e. The molecule has 0 aliphatic heterocycles. The topological polar surface area (TPSA) is 116 Å². The maximum Gasteiger partial charge on any atom is 0.271 e. The van der Waals surface area contributed by atoms with E-state index in [0.717, 1.165) is 0 Å². The van der Waals surface area contributed by atoms with Crippen molar-refractivity contribution < 1.29 is 23.6 Å². The Morgan fingerprint density at radius 2 is 1.83 bits per heavy atom. The van der Waals surface area contributed by atoms with Crippen molar-refractivity contribution in [3.05, 3.63) is 75.0 Å². The minimum absolute atomic E-state index is 0.117. The SMILES string of the molecule is COc1cc(OC)cc(C(=O)N/N=C\c2ccc(-c3ccc([N+](=O)[O-])cc3Cl)o2)c1. The predicted octanol–water partition coefficient (Wildman–Crippen LogP) is 4.29. The molecule has 10 heteroatoms. The molecule has 3 rings (SSSR count). The van der Waals surface area contributed by atoms with Gasteiger partial charge in [0.2, 0.25) is 0 Å². The zero-order valence-corrected chi connectivity index (χ0v) is 16.7. The number of furan rings is 1. The molecular weight excluding hydrogens is 414 g/mol. The van der Waals surface area contributed by atoms with Gasteiger partial charge in [0, 0.05) is 29.3 Å². The van der Waals surface area contributed by atoms with Crippen molar-refractivity contribution in [3.8, 4) is 22.8 Å². The Morgan fingerprint density at radius 1 is 1.13 bits per heavy atom. The van der Waals surface area contributed by atoms with E-state index >= 15 is 0 Å². The number of nitro benzene ring substituents is 1. The molecule has 0 fully saturated rings. The Balaban J connectivity index is 1.71. The van der Waals surface area contributed by atoms with Crippen LogP contribution < -0.4 is 14.9 Å². The van der Waals surface area contributed by atoms with E-state index in [1.165, 1.54) is 38.6 Å². The van der Waals surface area contributed by atoms with Gasteiger partial charge in [-0.2, -0.15) is 5.10 Å². The van der Waals surface area contributed by atoms with Crippen LogP contribution in [0.5, 0.6) is 11.5 Å². The summed E-state index contributed by atoms with van der Waals surface area (Å²) in [6.45, 7) is 0. The molecule has 0 saturated heterocycles. The molecule has 0 saturated carbocycles. The maximum absolute atomic E-state index is 12.3. The molecule has 1 amide bonds. The summed E-state index contributed by atoms with van der Waals surface area (Å²) in [6, 6.07) is 12.1. The Bertz CT molecular complexity index is 1100. The van der Waals surface area contributed by atoms with Gasteiger partial charge in [0.25, 0.3) is 11.6 Å². The molecule has 0 spiro atoms. The molecule has 0 unspecified atom stereocenters. The monoisotopic (exact) mass is 429 g/mol. The van der Waals surface area contributed by atoms with E-state index in [0.29, 0.717) is 34.1 Å². The Labute approximate surface area is 176 Å². The van der Waals surface area contributed by atoms with Crippen LogP contribution in [0.2, 0.25) is 5.02 Å². The number of amides is 1. The fourth-order valence-corrected chi connectivity index (χ4v) is 2.81. The van der Waals surface area contributed by atoms with Crippen LogP contribution in [-0.2, 0) is 0 Å². The van der Waals surface area contributed by atoms with E-state index in [-0.39, 0.29) is 10.7 Å². The van der Waals surface area contributed by atoms with Crippen molar-refractivity contribution in [1.29, 1.82) is 0 Å². The molecule has 3 aromatic rings. The standard InChI is InChI=1S/C20H16ClN3O6/c1-28-15-7-12(8-16(10-15)29-2)20(25)23-22-11-14-4-6-19(30-14)17-5-3-13(24(26)27)9-18(17)21/h3-11H,1-2H3,(H,23,25)/b22-11-. The number of halogens is 1. The number of hydrogen-bond donors (Lipinski definition) is 1. The van der Waals surface area contributed by atoms with E-state index in [1.807, 2.05) is 0 Å². The Kier molecular flexibility index (Phi) is 6.33. The predicted molar refractivity (Wildman–Crippen MR) is 110 cm³/mol. The molecule has 30 heavy (non-hydrogen) atoms. The lowest BCUT2D eigenvalue weighted by Gasteiger charge is -2.07. The normalized spacial score (nSPS) is 10.8. The first-order valence-corrected chi connectivity index (χ1v) is 8.89. The third-order valence-corrected chi connectivity index (χ3v) is 4.34. The number of ether oxygens (including phenoxy) is 2. The van der Waals surface area contributed by atoms with Crippen LogP contribution in [-0.4, -0.2) is 31.3 Å². The van der Waals surface area contributed by atoms with Crippen molar-refractivity contribution in [2.45, 2.75) is 0 Å². The van der Waals surface area contributed by atoms with Gasteiger partial charge in [0.15, 0.2) is 0 Å². The summed E-state index contributed by atoms with van der Waals surface area (Å²) in [5, 5.41) is 14.9. The second-order valence-corrected chi connectivity index (χ2v) is 6.33. The molecule has 1 heterocycles. The third-order valence-electron chi connectivity index (χ3n) is 4.03. The van der Waals surface area contributed by atoms with Crippen LogP contribution in [0.1, 0.15) is 16.1 Å². The third kappa shape index (κ3) is 4.76. The molecule has 9 nitrogen and oxygen atoms in total. The average molecular weight is 430 g/mol. The number of non-ortho nitro benzene ring substituents is 1. The number of methoxy groups -OCH3 is 2. The van der Waals surface area contributed by atoms with Gasteiger partial charge in [-0.3, -0.25) is 14.9 Å². The minimum atomic E-state index is -0.531. The first kappa shape index (κ1) is 20.9. The van der Waals surface area contributed by atoms with Gasteiger partial charge in [-0.1, -0.05) is 11.6 Å². The number of nitrogens with one attached hydrogen (secondary N) is 1. The van der Waals surface area contributed by atoms with Gasteiger partial charge < -0.3 is 13.9 Å². The highest BCUT2D eigenvalue weighted by Crippen LogP contribution is 2.32. The number of hydrazone groups is 1. The number of rotatable bonds is 7. The van der Waals surface area contributed by atoms with Crippen molar-refractivity contribution in [2.75, 3.05) is 14.2 Å². The van der Waals surface area contributed by atoms with E-state index in [9.17, 15) is 14.9 Å². The van der Waals surface area contributed by atoms with Crippen molar-refractivity contribution in [1.82, 2.24) is 5.43 Å². The Hall–Kier alpha value is -3.85. The summed E-state index contributed by atoms with van der Waals surface area (Å²) in [5.74, 6) is 1.23. The highest BCUT2D eigenvalue weighted by Gasteiger charge is 2.13. The van der Waals surface area contributed by atoms with Gasteiger partial charge in [-0.25, -0.2) is 5.43 Å². The lowest BCUT2D eigenvalue weighted by molar-refractivity contribution is -0.384. The fourth-order valence-electron chi connectivity index (χ4n) is 2.54. The summed E-state index contributed by atoms with van der Waals surface area (Å²) in [6.07, 6.45) is 1.32. The summed E-state index contributed by atoms with van der Waals surface area (Å²) in [4.78, 5) is 22.6. The second-order valence-electron chi connectivity index (χ2n) is 5.92. The number of carbonyl (C=O) groups is 1. The molecule has 154 valence electrons. The summed E-state index contributed by atoms with van der Waals surface area (Å²) < 4.78 is 15.9. The molecule has 0 aliphatic carbocycles. The average Bonchev–Trinajstić information content (AvgIpc) is 3.21. The minimum Gasteiger partial charge on any atom is -0.497 e. The van der Waals surface area contributed by atoms with Crippen molar-refractivity contribution in [3.63, 3.8) is 0 Å². The maximum atomic E-state index is 12.3. The largest absolute Gasteiger partial charge is 0.497 e. The lowest BCUT2D eigenvalue weighted by atomic mass is 10.1. The van der Waals surface area contributed by atoms with Crippen molar-refractivity contribution >= 4 is 29.4 Å². The van der Waals surface area contributed by atoms with E-state index in [1.54, 1.807) is 30.3 Å². The summed E-state index contributed by atoms with van der Waals surface area (Å²) in [5.41, 5.74) is 3.07. The van der Waals surface area contributed by atoms with Crippen LogP contribution in [0.25, 0.3) is 11.3 Å². The molecule has 0 aliphatic rings. The van der Waals surface area contributed by atoms with E-state index in [2.05, 4.69) is 10.5 Å². The number of hydrogen-bond acceptors (Lipinski definition) is 7. The molecule has 0 radical (unpaired) electrons. The molecule has 2 aromatic carbocycles. The number of carbonyl (C=O) groups excluding carboxylic acids is 1. The molecule has 0 bridgehead atoms. The number of nitro groups is 1. The van der Waals surface area contributed by atoms with E-state index in [4.69, 9.17) is 25.5 Å². The second kappa shape index (κ2) is 9.10. The van der Waals surface area contributed by atoms with Crippen molar-refractivity contribution in [2.24, 2.45) is 5.10 Å². The first-order valence-electron chi connectivity index (χ1n) is 8.52. The van der Waals surface area contributed by atoms with Crippen LogP contribution in [0.3, 0.4) is 0 Å². The Morgan fingerprint density at radius 3 is 2.43 bits per heavy atom. The van der Waals surface area contributed by atoms with Gasteiger partial charge in [-0.05, 0) is 30.3 Å². The van der Waals surface area contributed by atoms with Gasteiger partial charge in [-0.15, -0.1) is 0 Å². The van der Waals surface area contributed by atoms with Crippen LogP contribution >= 0.6 is 11.6 Å². The van der Waals surface area contributed by atoms with Crippen LogP contribution in [0, 0.1) is 10.1 Å². The van der Waals surface area contributed by atoms with Crippen LogP contribution in [0.15, 0.2) is 58.0 Å². The van der Waals surface area contributed by atoms with E-state index < -0.39 is 10.8 Å². The number of benzene rings is 2. The highest BCUT2D eigenvalue weighted by atomic mass is 35.5. The number of nitrogens with zero attached hydrogens (tertiary/aromatic N) is 2.